The van der Waals surface area contributed by atoms with Crippen molar-refractivity contribution in [2.75, 3.05) is 26.3 Å². The number of amides is 1. The first-order valence-corrected chi connectivity index (χ1v) is 7.48. The van der Waals surface area contributed by atoms with Crippen LogP contribution in [-0.4, -0.2) is 49.3 Å². The summed E-state index contributed by atoms with van der Waals surface area (Å²) in [6.45, 7) is 6.50. The maximum atomic E-state index is 12.6. The SMILES string of the molecule is C[C@@H]1CN(C(=O)c2ccc3c(c2)OCCCO3)C[C@@H](C)O1. The molecule has 5 heteroatoms. The Kier molecular flexibility index (Phi) is 4.01. The number of carbonyl (C=O) groups is 1. The summed E-state index contributed by atoms with van der Waals surface area (Å²) in [4.78, 5) is 14.5. The van der Waals surface area contributed by atoms with Gasteiger partial charge in [0.05, 0.1) is 25.4 Å². The van der Waals surface area contributed by atoms with Gasteiger partial charge in [0.2, 0.25) is 0 Å². The first-order chi connectivity index (χ1) is 10.1. The van der Waals surface area contributed by atoms with Gasteiger partial charge >= 0.3 is 0 Å². The van der Waals surface area contributed by atoms with Gasteiger partial charge in [-0.3, -0.25) is 4.79 Å². The highest BCUT2D eigenvalue weighted by Gasteiger charge is 2.27. The smallest absolute Gasteiger partial charge is 0.254 e. The summed E-state index contributed by atoms with van der Waals surface area (Å²) in [6, 6.07) is 5.41. The van der Waals surface area contributed by atoms with Crippen molar-refractivity contribution >= 4 is 5.91 Å². The van der Waals surface area contributed by atoms with Gasteiger partial charge in [0.1, 0.15) is 0 Å². The highest BCUT2D eigenvalue weighted by atomic mass is 16.5. The molecule has 0 spiro atoms. The Morgan fingerprint density at radius 2 is 1.76 bits per heavy atom. The predicted octanol–water partition coefficient (Wildman–Crippen LogP) is 2.10. The molecule has 0 aromatic heterocycles. The lowest BCUT2D eigenvalue weighted by Crippen LogP contribution is -2.48. The second-order valence-electron chi connectivity index (χ2n) is 5.68. The molecule has 0 radical (unpaired) electrons. The van der Waals surface area contributed by atoms with Gasteiger partial charge in [-0.2, -0.15) is 0 Å². The van der Waals surface area contributed by atoms with E-state index in [-0.39, 0.29) is 18.1 Å². The molecular formula is C16H21NO4. The number of hydrogen-bond acceptors (Lipinski definition) is 4. The second-order valence-corrected chi connectivity index (χ2v) is 5.68. The van der Waals surface area contributed by atoms with E-state index in [4.69, 9.17) is 14.2 Å². The Labute approximate surface area is 124 Å². The molecule has 2 atom stereocenters. The third kappa shape index (κ3) is 3.13. The molecule has 5 nitrogen and oxygen atoms in total. The Morgan fingerprint density at radius 3 is 2.48 bits per heavy atom. The van der Waals surface area contributed by atoms with Crippen LogP contribution in [0, 0.1) is 0 Å². The van der Waals surface area contributed by atoms with Gasteiger partial charge in [-0.05, 0) is 32.0 Å². The number of morpholine rings is 1. The van der Waals surface area contributed by atoms with E-state index in [1.807, 2.05) is 24.8 Å². The molecule has 0 unspecified atom stereocenters. The molecule has 0 saturated carbocycles. The maximum Gasteiger partial charge on any atom is 0.254 e. The van der Waals surface area contributed by atoms with Gasteiger partial charge in [0, 0.05) is 25.1 Å². The van der Waals surface area contributed by atoms with Crippen LogP contribution in [0.25, 0.3) is 0 Å². The predicted molar refractivity (Wildman–Crippen MR) is 78.0 cm³/mol. The molecule has 0 bridgehead atoms. The standard InChI is InChI=1S/C16H21NO4/c1-11-9-17(10-12(2)21-11)16(18)13-4-5-14-15(8-13)20-7-3-6-19-14/h4-5,8,11-12H,3,6-7,9-10H2,1-2H3/t11-,12-/m1/s1. The number of nitrogens with zero attached hydrogens (tertiary/aromatic N) is 1. The van der Waals surface area contributed by atoms with Crippen LogP contribution in [-0.2, 0) is 4.74 Å². The van der Waals surface area contributed by atoms with Gasteiger partial charge in [0.25, 0.3) is 5.91 Å². The maximum absolute atomic E-state index is 12.6. The minimum Gasteiger partial charge on any atom is -0.490 e. The minimum atomic E-state index is 0.0210. The fourth-order valence-corrected chi connectivity index (χ4v) is 2.82. The van der Waals surface area contributed by atoms with E-state index >= 15 is 0 Å². The molecule has 2 aliphatic rings. The van der Waals surface area contributed by atoms with Crippen molar-refractivity contribution in [2.24, 2.45) is 0 Å². The van der Waals surface area contributed by atoms with Crippen molar-refractivity contribution in [3.63, 3.8) is 0 Å². The molecule has 1 amide bonds. The Hall–Kier alpha value is -1.75. The van der Waals surface area contributed by atoms with Crippen LogP contribution in [0.2, 0.25) is 0 Å². The van der Waals surface area contributed by atoms with E-state index in [0.717, 1.165) is 6.42 Å². The van der Waals surface area contributed by atoms with Gasteiger partial charge in [0.15, 0.2) is 11.5 Å². The molecule has 1 aromatic rings. The van der Waals surface area contributed by atoms with E-state index in [1.165, 1.54) is 0 Å². The largest absolute Gasteiger partial charge is 0.490 e. The molecule has 114 valence electrons. The van der Waals surface area contributed by atoms with Crippen molar-refractivity contribution in [3.8, 4) is 11.5 Å². The number of fused-ring (bicyclic) bond motifs is 1. The summed E-state index contributed by atoms with van der Waals surface area (Å²) in [5.41, 5.74) is 0.639. The zero-order valence-electron chi connectivity index (χ0n) is 12.5. The van der Waals surface area contributed by atoms with Crippen molar-refractivity contribution in [3.05, 3.63) is 23.8 Å². The zero-order chi connectivity index (χ0) is 14.8. The van der Waals surface area contributed by atoms with Crippen LogP contribution in [0.4, 0.5) is 0 Å². The van der Waals surface area contributed by atoms with Crippen molar-refractivity contribution in [1.29, 1.82) is 0 Å². The van der Waals surface area contributed by atoms with Gasteiger partial charge < -0.3 is 19.1 Å². The van der Waals surface area contributed by atoms with Crippen LogP contribution in [0.5, 0.6) is 11.5 Å². The normalized spacial score (nSPS) is 25.3. The molecule has 1 saturated heterocycles. The first-order valence-electron chi connectivity index (χ1n) is 7.48. The fourth-order valence-electron chi connectivity index (χ4n) is 2.82. The van der Waals surface area contributed by atoms with E-state index in [9.17, 15) is 4.79 Å². The molecule has 0 N–H and O–H groups in total. The highest BCUT2D eigenvalue weighted by molar-refractivity contribution is 5.95. The molecule has 21 heavy (non-hydrogen) atoms. The van der Waals surface area contributed by atoms with Crippen LogP contribution in [0.1, 0.15) is 30.6 Å². The highest BCUT2D eigenvalue weighted by Crippen LogP contribution is 2.31. The van der Waals surface area contributed by atoms with Gasteiger partial charge in [-0.25, -0.2) is 0 Å². The van der Waals surface area contributed by atoms with Crippen molar-refractivity contribution in [1.82, 2.24) is 4.90 Å². The lowest BCUT2D eigenvalue weighted by Gasteiger charge is -2.35. The summed E-state index contributed by atoms with van der Waals surface area (Å²) < 4.78 is 16.9. The number of hydrogen-bond donors (Lipinski definition) is 0. The third-order valence-corrected chi connectivity index (χ3v) is 3.70. The Morgan fingerprint density at radius 1 is 1.10 bits per heavy atom. The van der Waals surface area contributed by atoms with Crippen LogP contribution in [0.15, 0.2) is 18.2 Å². The summed E-state index contributed by atoms with van der Waals surface area (Å²) in [6.07, 6.45) is 0.993. The third-order valence-electron chi connectivity index (χ3n) is 3.70. The molecule has 1 fully saturated rings. The summed E-state index contributed by atoms with van der Waals surface area (Å²) in [5, 5.41) is 0. The molecular weight excluding hydrogens is 270 g/mol. The number of benzene rings is 1. The van der Waals surface area contributed by atoms with E-state index in [1.54, 1.807) is 12.1 Å². The van der Waals surface area contributed by atoms with Gasteiger partial charge in [-0.15, -0.1) is 0 Å². The lowest BCUT2D eigenvalue weighted by atomic mass is 10.1. The second kappa shape index (κ2) is 5.93. The van der Waals surface area contributed by atoms with E-state index in [2.05, 4.69) is 0 Å². The van der Waals surface area contributed by atoms with Crippen LogP contribution < -0.4 is 9.47 Å². The summed E-state index contributed by atoms with van der Waals surface area (Å²) >= 11 is 0. The molecule has 1 aromatic carbocycles. The monoisotopic (exact) mass is 291 g/mol. The molecule has 3 rings (SSSR count). The van der Waals surface area contributed by atoms with Crippen LogP contribution in [0.3, 0.4) is 0 Å². The number of rotatable bonds is 1. The van der Waals surface area contributed by atoms with Crippen LogP contribution >= 0.6 is 0 Å². The zero-order valence-corrected chi connectivity index (χ0v) is 12.5. The number of ether oxygens (including phenoxy) is 3. The van der Waals surface area contributed by atoms with E-state index in [0.29, 0.717) is 43.4 Å². The molecule has 2 aliphatic heterocycles. The Balaban J connectivity index is 1.80. The topological polar surface area (TPSA) is 48.0 Å². The quantitative estimate of drug-likeness (QED) is 0.795. The fraction of sp³-hybridized carbons (Fsp3) is 0.562. The van der Waals surface area contributed by atoms with Gasteiger partial charge in [-0.1, -0.05) is 0 Å². The summed E-state index contributed by atoms with van der Waals surface area (Å²) in [7, 11) is 0. The van der Waals surface area contributed by atoms with Crippen molar-refractivity contribution < 1.29 is 19.0 Å². The number of carbonyl (C=O) groups excluding carboxylic acids is 1. The van der Waals surface area contributed by atoms with Crippen molar-refractivity contribution in [2.45, 2.75) is 32.5 Å². The van der Waals surface area contributed by atoms with E-state index < -0.39 is 0 Å². The lowest BCUT2D eigenvalue weighted by molar-refractivity contribution is -0.0586. The molecule has 2 heterocycles. The average molecular weight is 291 g/mol. The average Bonchev–Trinajstić information content (AvgIpc) is 2.69. The minimum absolute atomic E-state index is 0.0210. The Bertz CT molecular complexity index is 521. The summed E-state index contributed by atoms with van der Waals surface area (Å²) in [5.74, 6) is 1.40. The molecule has 0 aliphatic carbocycles. The first kappa shape index (κ1) is 14.2.